The summed E-state index contributed by atoms with van der Waals surface area (Å²) in [6.07, 6.45) is -2.68. The maximum Gasteiger partial charge on any atom is 0.251 e. The van der Waals surface area contributed by atoms with Gasteiger partial charge in [0.25, 0.3) is 6.43 Å². The van der Waals surface area contributed by atoms with E-state index in [1.807, 2.05) is 13.8 Å². The van der Waals surface area contributed by atoms with Crippen molar-refractivity contribution in [2.24, 2.45) is 0 Å². The molecule has 0 bridgehead atoms. The van der Waals surface area contributed by atoms with Crippen LogP contribution in [0.4, 0.5) is 8.78 Å². The second-order valence-electron chi connectivity index (χ2n) is 4.27. The molecule has 0 aliphatic carbocycles. The minimum Gasteiger partial charge on any atom is -0.394 e. The Morgan fingerprint density at radius 2 is 2.21 bits per heavy atom. The van der Waals surface area contributed by atoms with Crippen molar-refractivity contribution in [3.05, 3.63) is 0 Å². The number of rotatable bonds is 3. The molecule has 1 fully saturated rings. The van der Waals surface area contributed by atoms with Crippen LogP contribution in [0, 0.1) is 0 Å². The largest absolute Gasteiger partial charge is 0.394 e. The lowest BCUT2D eigenvalue weighted by molar-refractivity contribution is -0.154. The molecule has 0 aromatic heterocycles. The molecule has 5 heteroatoms. The molecule has 1 atom stereocenters. The van der Waals surface area contributed by atoms with Crippen molar-refractivity contribution in [1.82, 2.24) is 4.90 Å². The highest BCUT2D eigenvalue weighted by Crippen LogP contribution is 2.21. The van der Waals surface area contributed by atoms with Crippen molar-refractivity contribution in [2.45, 2.75) is 32.0 Å². The topological polar surface area (TPSA) is 32.7 Å². The first-order valence-corrected chi connectivity index (χ1v) is 4.72. The van der Waals surface area contributed by atoms with E-state index < -0.39 is 12.0 Å². The fourth-order valence-electron chi connectivity index (χ4n) is 1.85. The van der Waals surface area contributed by atoms with Crippen LogP contribution in [-0.2, 0) is 4.74 Å². The van der Waals surface area contributed by atoms with E-state index in [1.54, 1.807) is 4.90 Å². The van der Waals surface area contributed by atoms with E-state index in [4.69, 9.17) is 9.84 Å². The van der Waals surface area contributed by atoms with Crippen LogP contribution in [0.25, 0.3) is 0 Å². The summed E-state index contributed by atoms with van der Waals surface area (Å²) in [7, 11) is 0. The fraction of sp³-hybridized carbons (Fsp3) is 1.00. The number of halogens is 2. The standard InChI is InChI=1S/C9H17F2NO2/c1-9(2)6-12(4-8(10)11)3-7(5-13)14-9/h7-8,13H,3-6H2,1-2H3. The van der Waals surface area contributed by atoms with Gasteiger partial charge in [0.05, 0.1) is 24.9 Å². The molecule has 0 spiro atoms. The second kappa shape index (κ2) is 4.51. The number of aliphatic hydroxyl groups is 1. The number of ether oxygens (including phenoxy) is 1. The molecule has 1 rings (SSSR count). The average molecular weight is 209 g/mol. The van der Waals surface area contributed by atoms with Gasteiger partial charge in [-0.25, -0.2) is 8.78 Å². The molecule has 0 radical (unpaired) electrons. The maximum absolute atomic E-state index is 12.2. The minimum atomic E-state index is -2.33. The molecule has 1 aliphatic rings. The number of morpholine rings is 1. The van der Waals surface area contributed by atoms with E-state index in [9.17, 15) is 8.78 Å². The highest BCUT2D eigenvalue weighted by molar-refractivity contribution is 4.84. The Kier molecular flexibility index (Phi) is 3.80. The van der Waals surface area contributed by atoms with Crippen LogP contribution in [0.2, 0.25) is 0 Å². The summed E-state index contributed by atoms with van der Waals surface area (Å²) in [6.45, 7) is 4.17. The van der Waals surface area contributed by atoms with Gasteiger partial charge in [-0.2, -0.15) is 0 Å². The average Bonchev–Trinajstić information content (AvgIpc) is 1.99. The third-order valence-corrected chi connectivity index (χ3v) is 2.15. The van der Waals surface area contributed by atoms with Gasteiger partial charge in [-0.05, 0) is 13.8 Å². The van der Waals surface area contributed by atoms with Gasteiger partial charge >= 0.3 is 0 Å². The number of hydrogen-bond donors (Lipinski definition) is 1. The highest BCUT2D eigenvalue weighted by atomic mass is 19.3. The summed E-state index contributed by atoms with van der Waals surface area (Å²) in [4.78, 5) is 1.63. The molecule has 0 aromatic rings. The summed E-state index contributed by atoms with van der Waals surface area (Å²) in [5.41, 5.74) is -0.458. The van der Waals surface area contributed by atoms with E-state index in [0.29, 0.717) is 13.1 Å². The van der Waals surface area contributed by atoms with Crippen molar-refractivity contribution in [3.8, 4) is 0 Å². The normalized spacial score (nSPS) is 28.3. The van der Waals surface area contributed by atoms with Crippen LogP contribution in [0.15, 0.2) is 0 Å². The van der Waals surface area contributed by atoms with Crippen molar-refractivity contribution in [2.75, 3.05) is 26.2 Å². The first kappa shape index (κ1) is 11.8. The molecular formula is C9H17F2NO2. The van der Waals surface area contributed by atoms with Crippen LogP contribution < -0.4 is 0 Å². The summed E-state index contributed by atoms with van der Waals surface area (Å²) in [5.74, 6) is 0. The zero-order chi connectivity index (χ0) is 10.8. The van der Waals surface area contributed by atoms with Gasteiger partial charge in [-0.15, -0.1) is 0 Å². The van der Waals surface area contributed by atoms with E-state index in [2.05, 4.69) is 0 Å². The molecule has 14 heavy (non-hydrogen) atoms. The number of nitrogens with zero attached hydrogens (tertiary/aromatic N) is 1. The van der Waals surface area contributed by atoms with Crippen LogP contribution in [0.5, 0.6) is 0 Å². The molecule has 1 saturated heterocycles. The number of alkyl halides is 2. The molecule has 1 unspecified atom stereocenters. The SMILES string of the molecule is CC1(C)CN(CC(F)F)CC(CO)O1. The Morgan fingerprint density at radius 1 is 1.57 bits per heavy atom. The van der Waals surface area contributed by atoms with Gasteiger partial charge in [0.15, 0.2) is 0 Å². The first-order valence-electron chi connectivity index (χ1n) is 4.72. The van der Waals surface area contributed by atoms with E-state index >= 15 is 0 Å². The predicted octanol–water partition coefficient (Wildman–Crippen LogP) is 0.723. The van der Waals surface area contributed by atoms with Crippen molar-refractivity contribution in [1.29, 1.82) is 0 Å². The van der Waals surface area contributed by atoms with Gasteiger partial charge < -0.3 is 9.84 Å². The second-order valence-corrected chi connectivity index (χ2v) is 4.27. The Labute approximate surface area is 82.7 Å². The molecule has 1 aliphatic heterocycles. The lowest BCUT2D eigenvalue weighted by Gasteiger charge is -2.42. The van der Waals surface area contributed by atoms with Crippen LogP contribution in [0.1, 0.15) is 13.8 Å². The van der Waals surface area contributed by atoms with Crippen LogP contribution in [-0.4, -0.2) is 54.4 Å². The molecule has 3 nitrogen and oxygen atoms in total. The highest BCUT2D eigenvalue weighted by Gasteiger charge is 2.33. The zero-order valence-corrected chi connectivity index (χ0v) is 8.54. The Morgan fingerprint density at radius 3 is 2.71 bits per heavy atom. The van der Waals surface area contributed by atoms with Crippen LogP contribution >= 0.6 is 0 Å². The maximum atomic E-state index is 12.2. The monoisotopic (exact) mass is 209 g/mol. The molecular weight excluding hydrogens is 192 g/mol. The lowest BCUT2D eigenvalue weighted by Crippen LogP contribution is -2.54. The van der Waals surface area contributed by atoms with Gasteiger partial charge in [0.1, 0.15) is 0 Å². The smallest absolute Gasteiger partial charge is 0.251 e. The minimum absolute atomic E-state index is 0.122. The summed E-state index contributed by atoms with van der Waals surface area (Å²) in [6, 6.07) is 0. The molecule has 0 aromatic carbocycles. The van der Waals surface area contributed by atoms with Crippen molar-refractivity contribution < 1.29 is 18.6 Å². The third kappa shape index (κ3) is 3.48. The summed E-state index contributed by atoms with van der Waals surface area (Å²) >= 11 is 0. The molecule has 0 saturated carbocycles. The Balaban J connectivity index is 2.52. The lowest BCUT2D eigenvalue weighted by atomic mass is 10.1. The van der Waals surface area contributed by atoms with Gasteiger partial charge in [-0.3, -0.25) is 4.90 Å². The first-order chi connectivity index (χ1) is 6.43. The predicted molar refractivity (Wildman–Crippen MR) is 48.5 cm³/mol. The van der Waals surface area contributed by atoms with E-state index in [1.165, 1.54) is 0 Å². The van der Waals surface area contributed by atoms with Gasteiger partial charge in [-0.1, -0.05) is 0 Å². The van der Waals surface area contributed by atoms with Crippen molar-refractivity contribution in [3.63, 3.8) is 0 Å². The van der Waals surface area contributed by atoms with Crippen molar-refractivity contribution >= 4 is 0 Å². The molecule has 84 valence electrons. The molecule has 1 heterocycles. The van der Waals surface area contributed by atoms with E-state index in [0.717, 1.165) is 0 Å². The number of aliphatic hydroxyl groups excluding tert-OH is 1. The van der Waals surface area contributed by atoms with E-state index in [-0.39, 0.29) is 19.3 Å². The number of hydrogen-bond acceptors (Lipinski definition) is 3. The Bertz CT molecular complexity index is 188. The zero-order valence-electron chi connectivity index (χ0n) is 8.54. The third-order valence-electron chi connectivity index (χ3n) is 2.15. The van der Waals surface area contributed by atoms with Gasteiger partial charge in [0, 0.05) is 13.1 Å². The molecule has 0 amide bonds. The van der Waals surface area contributed by atoms with Gasteiger partial charge in [0.2, 0.25) is 0 Å². The Hall–Kier alpha value is -0.260. The van der Waals surface area contributed by atoms with Crippen LogP contribution in [0.3, 0.4) is 0 Å². The summed E-state index contributed by atoms with van der Waals surface area (Å²) < 4.78 is 29.8. The molecule has 1 N–H and O–H groups in total. The summed E-state index contributed by atoms with van der Waals surface area (Å²) in [5, 5.41) is 8.94. The quantitative estimate of drug-likeness (QED) is 0.743. The fourth-order valence-corrected chi connectivity index (χ4v) is 1.85.